The van der Waals surface area contributed by atoms with Gasteiger partial charge in [-0.1, -0.05) is 46.5 Å². The van der Waals surface area contributed by atoms with Gasteiger partial charge in [0.2, 0.25) is 0 Å². The van der Waals surface area contributed by atoms with Crippen LogP contribution in [0.2, 0.25) is 0 Å². The third kappa shape index (κ3) is 5.55. The van der Waals surface area contributed by atoms with Gasteiger partial charge in [-0.3, -0.25) is 0 Å². The first kappa shape index (κ1) is 13.0. The van der Waals surface area contributed by atoms with Gasteiger partial charge >= 0.3 is 0 Å². The Morgan fingerprint density at radius 2 is 1.80 bits per heavy atom. The predicted octanol–water partition coefficient (Wildman–Crippen LogP) is 3.98. The molecule has 0 unspecified atom stereocenters. The molecule has 0 aromatic carbocycles. The van der Waals surface area contributed by atoms with Crippen molar-refractivity contribution >= 4 is 0 Å². The SMILES string of the molecule is CCCNCCC(C)(C)CC1CCCC1. The molecule has 1 nitrogen and oxygen atoms in total. The molecule has 0 radical (unpaired) electrons. The summed E-state index contributed by atoms with van der Waals surface area (Å²) in [6.45, 7) is 9.50. The van der Waals surface area contributed by atoms with Crippen molar-refractivity contribution in [2.24, 2.45) is 11.3 Å². The highest BCUT2D eigenvalue weighted by Crippen LogP contribution is 2.37. The van der Waals surface area contributed by atoms with Crippen LogP contribution >= 0.6 is 0 Å². The number of rotatable bonds is 7. The molecule has 1 aliphatic carbocycles. The quantitative estimate of drug-likeness (QED) is 0.628. The summed E-state index contributed by atoms with van der Waals surface area (Å²) >= 11 is 0. The van der Waals surface area contributed by atoms with Gasteiger partial charge in [-0.05, 0) is 43.7 Å². The topological polar surface area (TPSA) is 12.0 Å². The maximum Gasteiger partial charge on any atom is -0.00438 e. The van der Waals surface area contributed by atoms with Crippen molar-refractivity contribution in [3.05, 3.63) is 0 Å². The van der Waals surface area contributed by atoms with Gasteiger partial charge in [-0.25, -0.2) is 0 Å². The maximum absolute atomic E-state index is 3.52. The highest BCUT2D eigenvalue weighted by atomic mass is 14.8. The first-order valence-corrected chi connectivity index (χ1v) is 6.85. The molecular weight excluding hydrogens is 182 g/mol. The molecule has 1 rings (SSSR count). The molecule has 0 saturated heterocycles. The van der Waals surface area contributed by atoms with Crippen molar-refractivity contribution in [1.29, 1.82) is 0 Å². The Bertz CT molecular complexity index is 157. The average molecular weight is 211 g/mol. The molecule has 1 N–H and O–H groups in total. The van der Waals surface area contributed by atoms with Crippen LogP contribution < -0.4 is 5.32 Å². The molecule has 0 bridgehead atoms. The largest absolute Gasteiger partial charge is 0.317 e. The van der Waals surface area contributed by atoms with E-state index in [-0.39, 0.29) is 0 Å². The van der Waals surface area contributed by atoms with Crippen LogP contribution in [-0.2, 0) is 0 Å². The van der Waals surface area contributed by atoms with Crippen LogP contribution in [-0.4, -0.2) is 13.1 Å². The van der Waals surface area contributed by atoms with E-state index in [2.05, 4.69) is 26.1 Å². The predicted molar refractivity (Wildman–Crippen MR) is 68.1 cm³/mol. The molecule has 1 heteroatoms. The summed E-state index contributed by atoms with van der Waals surface area (Å²) in [5.41, 5.74) is 0.551. The van der Waals surface area contributed by atoms with Gasteiger partial charge in [-0.15, -0.1) is 0 Å². The lowest BCUT2D eigenvalue weighted by atomic mass is 9.79. The normalized spacial score (nSPS) is 18.6. The Morgan fingerprint density at radius 3 is 2.40 bits per heavy atom. The van der Waals surface area contributed by atoms with Crippen LogP contribution in [0.5, 0.6) is 0 Å². The molecule has 15 heavy (non-hydrogen) atoms. The van der Waals surface area contributed by atoms with Crippen LogP contribution in [0.1, 0.15) is 65.7 Å². The van der Waals surface area contributed by atoms with E-state index >= 15 is 0 Å². The highest BCUT2D eigenvalue weighted by molar-refractivity contribution is 4.77. The van der Waals surface area contributed by atoms with Crippen molar-refractivity contribution < 1.29 is 0 Å². The van der Waals surface area contributed by atoms with Gasteiger partial charge in [-0.2, -0.15) is 0 Å². The van der Waals surface area contributed by atoms with Crippen molar-refractivity contribution in [3.63, 3.8) is 0 Å². The fourth-order valence-corrected chi connectivity index (χ4v) is 2.83. The summed E-state index contributed by atoms with van der Waals surface area (Å²) in [6, 6.07) is 0. The maximum atomic E-state index is 3.52. The van der Waals surface area contributed by atoms with E-state index < -0.39 is 0 Å². The fourth-order valence-electron chi connectivity index (χ4n) is 2.83. The van der Waals surface area contributed by atoms with Crippen molar-refractivity contribution in [2.45, 2.75) is 65.7 Å². The second kappa shape index (κ2) is 6.52. The van der Waals surface area contributed by atoms with Gasteiger partial charge < -0.3 is 5.32 Å². The van der Waals surface area contributed by atoms with Crippen molar-refractivity contribution in [1.82, 2.24) is 5.32 Å². The third-order valence-electron chi connectivity index (χ3n) is 3.72. The molecule has 1 aliphatic rings. The molecule has 1 saturated carbocycles. The zero-order valence-corrected chi connectivity index (χ0v) is 10.9. The Balaban J connectivity index is 2.12. The van der Waals surface area contributed by atoms with Crippen LogP contribution in [0.4, 0.5) is 0 Å². The summed E-state index contributed by atoms with van der Waals surface area (Å²) < 4.78 is 0. The molecule has 0 aromatic heterocycles. The minimum Gasteiger partial charge on any atom is -0.317 e. The molecule has 0 amide bonds. The van der Waals surface area contributed by atoms with Gasteiger partial charge in [0.15, 0.2) is 0 Å². The van der Waals surface area contributed by atoms with Gasteiger partial charge in [0.05, 0.1) is 0 Å². The summed E-state index contributed by atoms with van der Waals surface area (Å²) in [6.07, 6.45) is 9.98. The molecule has 0 spiro atoms. The van der Waals surface area contributed by atoms with Crippen LogP contribution in [0, 0.1) is 11.3 Å². The minimum atomic E-state index is 0.551. The molecule has 1 fully saturated rings. The molecule has 0 aromatic rings. The van der Waals surface area contributed by atoms with E-state index in [1.807, 2.05) is 0 Å². The van der Waals surface area contributed by atoms with Crippen LogP contribution in [0.3, 0.4) is 0 Å². The van der Waals surface area contributed by atoms with Gasteiger partial charge in [0.1, 0.15) is 0 Å². The van der Waals surface area contributed by atoms with Crippen LogP contribution in [0.25, 0.3) is 0 Å². The smallest absolute Gasteiger partial charge is 0.00438 e. The van der Waals surface area contributed by atoms with E-state index in [4.69, 9.17) is 0 Å². The Morgan fingerprint density at radius 1 is 1.13 bits per heavy atom. The van der Waals surface area contributed by atoms with Gasteiger partial charge in [0, 0.05) is 0 Å². The van der Waals surface area contributed by atoms with Gasteiger partial charge in [0.25, 0.3) is 0 Å². The first-order valence-electron chi connectivity index (χ1n) is 6.85. The molecule has 0 aliphatic heterocycles. The van der Waals surface area contributed by atoms with Crippen LogP contribution in [0.15, 0.2) is 0 Å². The Kier molecular flexibility index (Phi) is 5.66. The number of nitrogens with one attached hydrogen (secondary N) is 1. The number of hydrogen-bond acceptors (Lipinski definition) is 1. The first-order chi connectivity index (χ1) is 7.14. The molecule has 0 heterocycles. The Labute approximate surface area is 96.0 Å². The monoisotopic (exact) mass is 211 g/mol. The second-order valence-corrected chi connectivity index (χ2v) is 6.02. The minimum absolute atomic E-state index is 0.551. The summed E-state index contributed by atoms with van der Waals surface area (Å²) in [5, 5.41) is 3.52. The molecular formula is C14H29N. The Hall–Kier alpha value is -0.0400. The lowest BCUT2D eigenvalue weighted by Crippen LogP contribution is -2.24. The highest BCUT2D eigenvalue weighted by Gasteiger charge is 2.24. The zero-order valence-electron chi connectivity index (χ0n) is 10.9. The lowest BCUT2D eigenvalue weighted by molar-refractivity contribution is 0.246. The molecule has 90 valence electrons. The number of hydrogen-bond donors (Lipinski definition) is 1. The van der Waals surface area contributed by atoms with Crippen molar-refractivity contribution in [2.75, 3.05) is 13.1 Å². The van der Waals surface area contributed by atoms with E-state index in [1.165, 1.54) is 58.0 Å². The standard InChI is InChI=1S/C14H29N/c1-4-10-15-11-9-14(2,3)12-13-7-5-6-8-13/h13,15H,4-12H2,1-3H3. The lowest BCUT2D eigenvalue weighted by Gasteiger charge is -2.28. The summed E-state index contributed by atoms with van der Waals surface area (Å²) in [4.78, 5) is 0. The zero-order chi connectivity index (χ0) is 11.1. The third-order valence-corrected chi connectivity index (χ3v) is 3.72. The second-order valence-electron chi connectivity index (χ2n) is 6.02. The fraction of sp³-hybridized carbons (Fsp3) is 1.00. The van der Waals surface area contributed by atoms with Crippen molar-refractivity contribution in [3.8, 4) is 0 Å². The molecule has 0 atom stereocenters. The van der Waals surface area contributed by atoms with E-state index in [1.54, 1.807) is 0 Å². The summed E-state index contributed by atoms with van der Waals surface area (Å²) in [7, 11) is 0. The van der Waals surface area contributed by atoms with E-state index in [0.717, 1.165) is 5.92 Å². The summed E-state index contributed by atoms with van der Waals surface area (Å²) in [5.74, 6) is 1.03. The van der Waals surface area contributed by atoms with E-state index in [9.17, 15) is 0 Å². The average Bonchev–Trinajstić information content (AvgIpc) is 2.64. The van der Waals surface area contributed by atoms with E-state index in [0.29, 0.717) is 5.41 Å².